The zero-order valence-corrected chi connectivity index (χ0v) is 8.45. The predicted molar refractivity (Wildman–Crippen MR) is 54.2 cm³/mol. The molecule has 0 spiro atoms. The van der Waals surface area contributed by atoms with Crippen molar-refractivity contribution in [2.75, 3.05) is 0 Å². The SMILES string of the molecule is C=CC(C)OOS(=O)(=O)C(O)CC.[NaH]. The molecule has 7 heteroatoms. The van der Waals surface area contributed by atoms with Gasteiger partial charge in [-0.15, -0.1) is 10.9 Å². The summed E-state index contributed by atoms with van der Waals surface area (Å²) in [4.78, 5) is 4.41. The van der Waals surface area contributed by atoms with Crippen LogP contribution in [0, 0.1) is 0 Å². The molecule has 0 radical (unpaired) electrons. The van der Waals surface area contributed by atoms with Crippen LogP contribution in [0.25, 0.3) is 0 Å². The van der Waals surface area contributed by atoms with E-state index in [2.05, 4.69) is 15.8 Å². The second kappa shape index (κ2) is 7.81. The van der Waals surface area contributed by atoms with E-state index in [-0.39, 0.29) is 36.0 Å². The molecule has 2 atom stereocenters. The maximum atomic E-state index is 11.0. The van der Waals surface area contributed by atoms with E-state index >= 15 is 0 Å². The summed E-state index contributed by atoms with van der Waals surface area (Å²) in [5, 5.41) is 8.95. The van der Waals surface area contributed by atoms with Crippen LogP contribution in [0.1, 0.15) is 20.3 Å². The van der Waals surface area contributed by atoms with E-state index in [1.54, 1.807) is 6.92 Å². The molecular weight excluding hydrogens is 219 g/mol. The third-order valence-corrected chi connectivity index (χ3v) is 2.57. The van der Waals surface area contributed by atoms with Crippen molar-refractivity contribution in [2.24, 2.45) is 0 Å². The molecule has 0 aromatic carbocycles. The molecule has 0 heterocycles. The van der Waals surface area contributed by atoms with Crippen LogP contribution in [0.2, 0.25) is 0 Å². The third-order valence-electron chi connectivity index (χ3n) is 1.30. The van der Waals surface area contributed by atoms with Crippen LogP contribution in [0.4, 0.5) is 0 Å². The Hall–Kier alpha value is 0.570. The summed E-state index contributed by atoms with van der Waals surface area (Å²) in [6, 6.07) is 0. The van der Waals surface area contributed by atoms with Crippen LogP contribution in [-0.4, -0.2) is 54.6 Å². The van der Waals surface area contributed by atoms with E-state index in [9.17, 15) is 8.42 Å². The number of hydrogen-bond acceptors (Lipinski definition) is 5. The number of rotatable bonds is 6. The fraction of sp³-hybridized carbons (Fsp3) is 0.714. The summed E-state index contributed by atoms with van der Waals surface area (Å²) < 4.78 is 26.0. The summed E-state index contributed by atoms with van der Waals surface area (Å²) in [5.41, 5.74) is -1.55. The van der Waals surface area contributed by atoms with E-state index in [1.165, 1.54) is 13.0 Å². The van der Waals surface area contributed by atoms with Crippen LogP contribution >= 0.6 is 0 Å². The monoisotopic (exact) mass is 234 g/mol. The van der Waals surface area contributed by atoms with Crippen molar-refractivity contribution >= 4 is 39.7 Å². The molecule has 0 aliphatic heterocycles. The first-order valence-corrected chi connectivity index (χ1v) is 5.30. The topological polar surface area (TPSA) is 72.8 Å². The van der Waals surface area contributed by atoms with Gasteiger partial charge in [0.15, 0.2) is 5.44 Å². The molecular formula is C7H15NaO5S. The molecule has 0 aromatic rings. The molecule has 0 bridgehead atoms. The molecule has 14 heavy (non-hydrogen) atoms. The summed E-state index contributed by atoms with van der Waals surface area (Å²) in [5.74, 6) is 0. The Labute approximate surface area is 106 Å². The van der Waals surface area contributed by atoms with Crippen LogP contribution < -0.4 is 0 Å². The Morgan fingerprint density at radius 1 is 1.57 bits per heavy atom. The molecule has 0 aliphatic rings. The van der Waals surface area contributed by atoms with Crippen LogP contribution in [0.15, 0.2) is 12.7 Å². The van der Waals surface area contributed by atoms with E-state index in [1.807, 2.05) is 0 Å². The molecule has 5 nitrogen and oxygen atoms in total. The fourth-order valence-electron chi connectivity index (χ4n) is 0.405. The van der Waals surface area contributed by atoms with Gasteiger partial charge in [-0.25, -0.2) is 4.89 Å². The molecule has 0 amide bonds. The molecule has 0 rings (SSSR count). The summed E-state index contributed by atoms with van der Waals surface area (Å²) >= 11 is 0. The van der Waals surface area contributed by atoms with Gasteiger partial charge in [0.25, 0.3) is 0 Å². The van der Waals surface area contributed by atoms with Crippen molar-refractivity contribution < 1.29 is 22.7 Å². The van der Waals surface area contributed by atoms with Crippen LogP contribution in [0.3, 0.4) is 0 Å². The zero-order chi connectivity index (χ0) is 10.5. The molecule has 1 N–H and O–H groups in total. The fourth-order valence-corrected chi connectivity index (χ4v) is 1.14. The Morgan fingerprint density at radius 2 is 2.07 bits per heavy atom. The minimum atomic E-state index is -4.03. The van der Waals surface area contributed by atoms with Crippen molar-refractivity contribution in [3.05, 3.63) is 12.7 Å². The van der Waals surface area contributed by atoms with Crippen molar-refractivity contribution in [2.45, 2.75) is 31.8 Å². The van der Waals surface area contributed by atoms with Crippen LogP contribution in [0.5, 0.6) is 0 Å². The molecule has 0 aromatic heterocycles. The summed E-state index contributed by atoms with van der Waals surface area (Å²) in [6.07, 6.45) is 0.876. The van der Waals surface area contributed by atoms with Gasteiger partial charge in [-0.05, 0) is 13.3 Å². The quantitative estimate of drug-likeness (QED) is 0.301. The third kappa shape index (κ3) is 6.13. The van der Waals surface area contributed by atoms with Gasteiger partial charge in [0.1, 0.15) is 6.10 Å². The van der Waals surface area contributed by atoms with Crippen molar-refractivity contribution in [3.8, 4) is 0 Å². The van der Waals surface area contributed by atoms with E-state index < -0.39 is 21.7 Å². The van der Waals surface area contributed by atoms with Gasteiger partial charge in [0.05, 0.1) is 0 Å². The van der Waals surface area contributed by atoms with Gasteiger partial charge < -0.3 is 5.11 Å². The first-order chi connectivity index (χ1) is 5.94. The Kier molecular flexibility index (Phi) is 9.47. The van der Waals surface area contributed by atoms with E-state index in [0.29, 0.717) is 0 Å². The Morgan fingerprint density at radius 3 is 2.43 bits per heavy atom. The molecule has 80 valence electrons. The average Bonchev–Trinajstić information content (AvgIpc) is 2.12. The van der Waals surface area contributed by atoms with Crippen molar-refractivity contribution in [1.29, 1.82) is 0 Å². The van der Waals surface area contributed by atoms with E-state index in [4.69, 9.17) is 5.11 Å². The maximum absolute atomic E-state index is 11.0. The first-order valence-electron chi connectivity index (χ1n) is 3.83. The number of aliphatic hydroxyl groups excluding tert-OH is 1. The zero-order valence-electron chi connectivity index (χ0n) is 7.63. The van der Waals surface area contributed by atoms with Gasteiger partial charge in [-0.3, -0.25) is 0 Å². The summed E-state index contributed by atoms with van der Waals surface area (Å²) in [6.45, 7) is 6.44. The van der Waals surface area contributed by atoms with Crippen molar-refractivity contribution in [1.82, 2.24) is 0 Å². The Balaban J connectivity index is 0. The number of hydrogen-bond donors (Lipinski definition) is 1. The van der Waals surface area contributed by atoms with Gasteiger partial charge in [0, 0.05) is 0 Å². The number of aliphatic hydroxyl groups is 1. The van der Waals surface area contributed by atoms with Gasteiger partial charge in [-0.1, -0.05) is 13.0 Å². The molecule has 0 fully saturated rings. The molecule has 0 saturated carbocycles. The molecule has 0 aliphatic carbocycles. The van der Waals surface area contributed by atoms with E-state index in [0.717, 1.165) is 0 Å². The average molecular weight is 234 g/mol. The second-order valence-corrected chi connectivity index (χ2v) is 4.13. The normalized spacial score (nSPS) is 15.4. The predicted octanol–water partition coefficient (Wildman–Crippen LogP) is -0.0812. The van der Waals surface area contributed by atoms with Gasteiger partial charge in [0.2, 0.25) is 0 Å². The molecule has 0 saturated heterocycles. The standard InChI is InChI=1S/C7H14O5S.Na.H/c1-4-6(3)11-12-13(9,10)7(8)5-2;;/h4,6-8H,1,5H2,2-3H3;;. The first kappa shape index (κ1) is 17.0. The Bertz CT molecular complexity index is 251. The molecule has 2 unspecified atom stereocenters. The van der Waals surface area contributed by atoms with Gasteiger partial charge >= 0.3 is 39.7 Å². The minimum absolute atomic E-state index is 0. The second-order valence-electron chi connectivity index (χ2n) is 2.46. The van der Waals surface area contributed by atoms with Crippen molar-refractivity contribution in [3.63, 3.8) is 0 Å². The van der Waals surface area contributed by atoms with Gasteiger partial charge in [-0.2, -0.15) is 8.42 Å². The summed E-state index contributed by atoms with van der Waals surface area (Å²) in [7, 11) is -4.03. The van der Waals surface area contributed by atoms with Crippen LogP contribution in [-0.2, 0) is 19.3 Å².